The van der Waals surface area contributed by atoms with Crippen molar-refractivity contribution in [3.8, 4) is 0 Å². The van der Waals surface area contributed by atoms with E-state index in [1.807, 2.05) is 0 Å². The smallest absolute Gasteiger partial charge is 0.316 e. The highest BCUT2D eigenvalue weighted by Crippen LogP contribution is 2.11. The first-order valence-electron chi connectivity index (χ1n) is 6.00. The monoisotopic (exact) mass is 284 g/mol. The Morgan fingerprint density at radius 1 is 1.37 bits per heavy atom. The van der Waals surface area contributed by atoms with E-state index < -0.39 is 17.0 Å². The van der Waals surface area contributed by atoms with E-state index in [2.05, 4.69) is 17.3 Å². The minimum atomic E-state index is -1.55. The van der Waals surface area contributed by atoms with Crippen LogP contribution in [0.5, 0.6) is 0 Å². The second-order valence-electron chi connectivity index (χ2n) is 4.32. The van der Waals surface area contributed by atoms with Crippen molar-refractivity contribution >= 4 is 22.7 Å². The van der Waals surface area contributed by atoms with E-state index in [0.717, 1.165) is 0 Å². The molecule has 1 fully saturated rings. The van der Waals surface area contributed by atoms with Crippen molar-refractivity contribution in [2.45, 2.75) is 17.7 Å². The predicted molar refractivity (Wildman–Crippen MR) is 77.0 cm³/mol. The van der Waals surface area contributed by atoms with Gasteiger partial charge in [0.05, 0.1) is 4.90 Å². The summed E-state index contributed by atoms with van der Waals surface area (Å²) in [6.07, 6.45) is 2.83. The van der Waals surface area contributed by atoms with Crippen molar-refractivity contribution in [1.29, 1.82) is 0 Å². The Balaban J connectivity index is 0.000000250. The van der Waals surface area contributed by atoms with Gasteiger partial charge in [0, 0.05) is 5.69 Å². The first-order valence-corrected chi connectivity index (χ1v) is 7.21. The van der Waals surface area contributed by atoms with Crippen LogP contribution in [0.15, 0.2) is 29.2 Å². The number of primary amides is 1. The van der Waals surface area contributed by atoms with Gasteiger partial charge in [-0.15, -0.1) is 0 Å². The van der Waals surface area contributed by atoms with Crippen LogP contribution < -0.4 is 16.2 Å². The Morgan fingerprint density at radius 3 is 2.42 bits per heavy atom. The molecule has 7 heteroatoms. The minimum absolute atomic E-state index is 0.436. The average Bonchev–Trinajstić information content (AvgIpc) is 2.80. The molecule has 2 amide bonds. The Morgan fingerprint density at radius 2 is 2.00 bits per heavy atom. The molecule has 1 atom stereocenters. The molecule has 0 aliphatic carbocycles. The predicted octanol–water partition coefficient (Wildman–Crippen LogP) is 0.871. The first-order chi connectivity index (χ1) is 8.99. The summed E-state index contributed by atoms with van der Waals surface area (Å²) < 4.78 is 10.8. The highest BCUT2D eigenvalue weighted by molar-refractivity contribution is 7.82. The van der Waals surface area contributed by atoms with E-state index >= 15 is 0 Å². The van der Waals surface area contributed by atoms with Gasteiger partial charge in [0.15, 0.2) is 0 Å². The normalized spacial score (nSPS) is 16.3. The molecule has 1 aliphatic rings. The lowest BCUT2D eigenvalue weighted by molar-refractivity contribution is 0.259. The summed E-state index contributed by atoms with van der Waals surface area (Å²) in [6, 6.07) is 5.69. The fourth-order valence-electron chi connectivity index (χ4n) is 1.72. The summed E-state index contributed by atoms with van der Waals surface area (Å²) in [7, 11) is 0.627. The van der Waals surface area contributed by atoms with Gasteiger partial charge in [0.25, 0.3) is 0 Å². The van der Waals surface area contributed by atoms with Crippen LogP contribution in [0.3, 0.4) is 0 Å². The number of hydrogen-bond donors (Lipinski definition) is 3. The standard InChI is InChI=1S/C7H9N3O2S.C5H11N/c8-7(11)10-5-2-1-3-6(4-5)13(9)12;1-6-4-2-3-5-6/h1-4H,9H2,(H3,8,10,11);2-5H2,1H3. The molecule has 0 spiro atoms. The molecule has 1 unspecified atom stereocenters. The number of urea groups is 1. The van der Waals surface area contributed by atoms with Crippen molar-refractivity contribution in [2.75, 3.05) is 25.5 Å². The maximum atomic E-state index is 10.8. The summed E-state index contributed by atoms with van der Waals surface area (Å²) in [5, 5.41) is 7.49. The SMILES string of the molecule is CN1CCCC1.NC(=O)Nc1cccc(S(N)=O)c1. The number of rotatable bonds is 2. The van der Waals surface area contributed by atoms with Crippen molar-refractivity contribution in [2.24, 2.45) is 10.9 Å². The van der Waals surface area contributed by atoms with E-state index in [1.165, 1.54) is 32.0 Å². The van der Waals surface area contributed by atoms with E-state index in [-0.39, 0.29) is 0 Å². The molecule has 5 N–H and O–H groups in total. The number of nitrogens with zero attached hydrogens (tertiary/aromatic N) is 1. The van der Waals surface area contributed by atoms with Gasteiger partial charge in [0.2, 0.25) is 0 Å². The van der Waals surface area contributed by atoms with Gasteiger partial charge in [-0.25, -0.2) is 14.1 Å². The third-order valence-electron chi connectivity index (χ3n) is 2.66. The van der Waals surface area contributed by atoms with E-state index in [9.17, 15) is 9.00 Å². The Hall–Kier alpha value is -1.44. The molecule has 1 saturated heterocycles. The zero-order valence-corrected chi connectivity index (χ0v) is 11.8. The fraction of sp³-hybridized carbons (Fsp3) is 0.417. The molecular formula is C12H20N4O2S. The topological polar surface area (TPSA) is 101 Å². The molecular weight excluding hydrogens is 264 g/mol. The quantitative estimate of drug-likeness (QED) is 0.751. The maximum Gasteiger partial charge on any atom is 0.316 e. The van der Waals surface area contributed by atoms with Gasteiger partial charge in [-0.1, -0.05) is 6.07 Å². The van der Waals surface area contributed by atoms with Crippen molar-refractivity contribution < 1.29 is 9.00 Å². The summed E-state index contributed by atoms with van der Waals surface area (Å²) in [6.45, 7) is 2.64. The third-order valence-corrected chi connectivity index (χ3v) is 3.38. The molecule has 0 saturated carbocycles. The summed E-state index contributed by atoms with van der Waals surface area (Å²) >= 11 is 0. The second kappa shape index (κ2) is 7.88. The minimum Gasteiger partial charge on any atom is -0.351 e. The number of carbonyl (C=O) groups is 1. The molecule has 1 aromatic carbocycles. The van der Waals surface area contributed by atoms with Crippen LogP contribution >= 0.6 is 0 Å². The molecule has 106 valence electrons. The molecule has 6 nitrogen and oxygen atoms in total. The van der Waals surface area contributed by atoms with Crippen LogP contribution in [-0.4, -0.2) is 35.3 Å². The lowest BCUT2D eigenvalue weighted by Crippen LogP contribution is -2.19. The highest BCUT2D eigenvalue weighted by atomic mass is 32.2. The van der Waals surface area contributed by atoms with E-state index in [1.54, 1.807) is 18.2 Å². The Labute approximate surface area is 115 Å². The molecule has 19 heavy (non-hydrogen) atoms. The molecule has 2 rings (SSSR count). The van der Waals surface area contributed by atoms with Crippen LogP contribution in [0.2, 0.25) is 0 Å². The summed E-state index contributed by atoms with van der Waals surface area (Å²) in [4.78, 5) is 13.3. The van der Waals surface area contributed by atoms with E-state index in [0.29, 0.717) is 10.6 Å². The number of carbonyl (C=O) groups excluding carboxylic acids is 1. The van der Waals surface area contributed by atoms with Crippen LogP contribution in [0.4, 0.5) is 10.5 Å². The number of hydrogen-bond acceptors (Lipinski definition) is 3. The summed E-state index contributed by atoms with van der Waals surface area (Å²) in [5.41, 5.74) is 5.37. The molecule has 1 aliphatic heterocycles. The Kier molecular flexibility index (Phi) is 6.48. The molecule has 1 heterocycles. The zero-order chi connectivity index (χ0) is 14.3. The number of benzene rings is 1. The first kappa shape index (κ1) is 15.6. The van der Waals surface area contributed by atoms with Gasteiger partial charge in [0.1, 0.15) is 11.0 Å². The average molecular weight is 284 g/mol. The van der Waals surface area contributed by atoms with Gasteiger partial charge in [-0.3, -0.25) is 0 Å². The number of likely N-dealkylation sites (tertiary alicyclic amines) is 1. The van der Waals surface area contributed by atoms with Crippen molar-refractivity contribution in [3.05, 3.63) is 24.3 Å². The Bertz CT molecular complexity index is 447. The van der Waals surface area contributed by atoms with Gasteiger partial charge >= 0.3 is 6.03 Å². The fourth-order valence-corrected chi connectivity index (χ4v) is 2.17. The van der Waals surface area contributed by atoms with Gasteiger partial charge in [-0.05, 0) is 51.2 Å². The zero-order valence-electron chi connectivity index (χ0n) is 11.0. The summed E-state index contributed by atoms with van der Waals surface area (Å²) in [5.74, 6) is 0. The number of nitrogens with two attached hydrogens (primary N) is 2. The van der Waals surface area contributed by atoms with Crippen molar-refractivity contribution in [1.82, 2.24) is 4.90 Å². The number of amides is 2. The highest BCUT2D eigenvalue weighted by Gasteiger charge is 2.03. The lowest BCUT2D eigenvalue weighted by atomic mass is 10.3. The second-order valence-corrected chi connectivity index (χ2v) is 5.39. The van der Waals surface area contributed by atoms with Crippen LogP contribution in [0.1, 0.15) is 12.8 Å². The lowest BCUT2D eigenvalue weighted by Gasteiger charge is -2.02. The molecule has 0 radical (unpaired) electrons. The number of anilines is 1. The van der Waals surface area contributed by atoms with Crippen LogP contribution in [0, 0.1) is 0 Å². The van der Waals surface area contributed by atoms with Gasteiger partial charge < -0.3 is 16.0 Å². The van der Waals surface area contributed by atoms with Gasteiger partial charge in [-0.2, -0.15) is 0 Å². The maximum absolute atomic E-state index is 10.8. The van der Waals surface area contributed by atoms with E-state index in [4.69, 9.17) is 10.9 Å². The number of nitrogens with one attached hydrogen (secondary N) is 1. The third kappa shape index (κ3) is 6.32. The largest absolute Gasteiger partial charge is 0.351 e. The molecule has 0 aromatic heterocycles. The molecule has 0 bridgehead atoms. The van der Waals surface area contributed by atoms with Crippen LogP contribution in [0.25, 0.3) is 0 Å². The van der Waals surface area contributed by atoms with Crippen molar-refractivity contribution in [3.63, 3.8) is 0 Å². The molecule has 1 aromatic rings. The van der Waals surface area contributed by atoms with Crippen LogP contribution in [-0.2, 0) is 11.0 Å².